The average molecular weight is 463 g/mol. The highest BCUT2D eigenvalue weighted by Crippen LogP contribution is 2.44. The summed E-state index contributed by atoms with van der Waals surface area (Å²) in [6.07, 6.45) is 3.76. The summed E-state index contributed by atoms with van der Waals surface area (Å²) in [7, 11) is 0. The van der Waals surface area contributed by atoms with Crippen molar-refractivity contribution in [3.05, 3.63) is 71.3 Å². The van der Waals surface area contributed by atoms with E-state index in [1.54, 1.807) is 13.0 Å². The molecule has 2 atom stereocenters. The summed E-state index contributed by atoms with van der Waals surface area (Å²) in [6.45, 7) is 2.07. The molecule has 0 aliphatic heterocycles. The number of aliphatic carboxylic acids is 1. The summed E-state index contributed by atoms with van der Waals surface area (Å²) in [4.78, 5) is 35.9. The molecule has 0 unspecified atom stereocenters. The lowest BCUT2D eigenvalue weighted by molar-refractivity contribution is -0.143. The molecule has 3 N–H and O–H groups in total. The van der Waals surface area contributed by atoms with Crippen LogP contribution in [0.2, 0.25) is 0 Å². The topological polar surface area (TPSA) is 105 Å². The van der Waals surface area contributed by atoms with Crippen LogP contribution in [0.1, 0.15) is 49.7 Å². The summed E-state index contributed by atoms with van der Waals surface area (Å²) < 4.78 is 5.50. The molecule has 2 aromatic carbocycles. The third-order valence-electron chi connectivity index (χ3n) is 6.72. The molecule has 1 fully saturated rings. The van der Waals surface area contributed by atoms with Crippen LogP contribution in [0.25, 0.3) is 11.1 Å². The number of carbonyl (C=O) groups is 3. The summed E-state index contributed by atoms with van der Waals surface area (Å²) in [5.74, 6) is -1.46. The number of carbonyl (C=O) groups excluding carboxylic acids is 2. The summed E-state index contributed by atoms with van der Waals surface area (Å²) >= 11 is 0. The van der Waals surface area contributed by atoms with E-state index < -0.39 is 18.0 Å². The maximum Gasteiger partial charge on any atom is 0.407 e. The Morgan fingerprint density at radius 3 is 2.32 bits per heavy atom. The fourth-order valence-corrected chi connectivity index (χ4v) is 4.87. The minimum atomic E-state index is -0.807. The van der Waals surface area contributed by atoms with Gasteiger partial charge in [0.15, 0.2) is 0 Å². The molecule has 0 saturated heterocycles. The molecule has 1 saturated carbocycles. The molecular formula is C27H30N2O5. The van der Waals surface area contributed by atoms with Crippen LogP contribution in [0.4, 0.5) is 4.79 Å². The maximum atomic E-state index is 12.4. The van der Waals surface area contributed by atoms with Gasteiger partial charge in [0.1, 0.15) is 6.61 Å². The van der Waals surface area contributed by atoms with E-state index in [2.05, 4.69) is 34.9 Å². The highest BCUT2D eigenvalue weighted by molar-refractivity contribution is 5.93. The average Bonchev–Trinajstić information content (AvgIpc) is 3.16. The first-order valence-corrected chi connectivity index (χ1v) is 11.7. The van der Waals surface area contributed by atoms with E-state index in [4.69, 9.17) is 4.74 Å². The van der Waals surface area contributed by atoms with Crippen LogP contribution in [0.5, 0.6) is 0 Å². The van der Waals surface area contributed by atoms with Gasteiger partial charge in [-0.3, -0.25) is 9.59 Å². The van der Waals surface area contributed by atoms with E-state index in [0.29, 0.717) is 18.4 Å². The number of hydrogen-bond donors (Lipinski definition) is 3. The van der Waals surface area contributed by atoms with Crippen molar-refractivity contribution in [3.8, 4) is 11.1 Å². The highest BCUT2D eigenvalue weighted by atomic mass is 16.5. The quantitative estimate of drug-likeness (QED) is 0.534. The minimum absolute atomic E-state index is 0.00803. The Balaban J connectivity index is 1.25. The fourth-order valence-electron chi connectivity index (χ4n) is 4.87. The van der Waals surface area contributed by atoms with Crippen molar-refractivity contribution in [1.29, 1.82) is 0 Å². The summed E-state index contributed by atoms with van der Waals surface area (Å²) in [5.41, 5.74) is 5.11. The zero-order valence-corrected chi connectivity index (χ0v) is 19.3. The molecule has 2 aliphatic carbocycles. The second-order valence-electron chi connectivity index (χ2n) is 8.97. The molecule has 2 aromatic rings. The van der Waals surface area contributed by atoms with Gasteiger partial charge in [0, 0.05) is 24.1 Å². The standard InChI is InChI=1S/C27H30N2O5/c1-17(25(30)29-19-8-6-7-18(15-19)26(31)32)13-14-28-27(33)34-16-24-22-11-4-2-9-20(22)21-10-3-5-12-23(21)24/h2-5,9-13,18-19,24H,6-8,14-16H2,1H3,(H,28,33)(H,29,30)(H,31,32)/b17-13+/t18-,19+/m1/s1. The predicted molar refractivity (Wildman–Crippen MR) is 128 cm³/mol. The molecule has 2 amide bonds. The van der Waals surface area contributed by atoms with Gasteiger partial charge in [0.25, 0.3) is 0 Å². The Hall–Kier alpha value is -3.61. The molecule has 178 valence electrons. The molecule has 7 heteroatoms. The van der Waals surface area contributed by atoms with E-state index in [0.717, 1.165) is 24.0 Å². The zero-order chi connectivity index (χ0) is 24.1. The third kappa shape index (κ3) is 5.30. The SMILES string of the molecule is C/C(=C\CNC(=O)OCC1c2ccccc2-c2ccccc21)C(=O)N[C@H]1CCC[C@@H](C(=O)O)C1. The molecule has 4 rings (SSSR count). The van der Waals surface area contributed by atoms with Gasteiger partial charge in [0.05, 0.1) is 5.92 Å². The Labute approximate surface area is 199 Å². The fraction of sp³-hybridized carbons (Fsp3) is 0.370. The van der Waals surface area contributed by atoms with Crippen LogP contribution in [0, 0.1) is 5.92 Å². The number of rotatable bonds is 7. The van der Waals surface area contributed by atoms with E-state index in [1.165, 1.54) is 11.1 Å². The lowest BCUT2D eigenvalue weighted by Gasteiger charge is -2.27. The second kappa shape index (κ2) is 10.5. The van der Waals surface area contributed by atoms with Crippen LogP contribution in [-0.2, 0) is 14.3 Å². The number of ether oxygens (including phenoxy) is 1. The molecule has 0 radical (unpaired) electrons. The molecule has 0 spiro atoms. The minimum Gasteiger partial charge on any atom is -0.481 e. The van der Waals surface area contributed by atoms with Crippen molar-refractivity contribution in [3.63, 3.8) is 0 Å². The van der Waals surface area contributed by atoms with Gasteiger partial charge in [-0.1, -0.05) is 61.0 Å². The first-order chi connectivity index (χ1) is 16.4. The number of hydrogen-bond acceptors (Lipinski definition) is 4. The molecular weight excluding hydrogens is 432 g/mol. The summed E-state index contributed by atoms with van der Waals surface area (Å²) in [5, 5.41) is 14.8. The summed E-state index contributed by atoms with van der Waals surface area (Å²) in [6, 6.07) is 16.2. The van der Waals surface area contributed by atoms with Gasteiger partial charge in [-0.05, 0) is 48.4 Å². The van der Waals surface area contributed by atoms with Crippen molar-refractivity contribution < 1.29 is 24.2 Å². The van der Waals surface area contributed by atoms with Gasteiger partial charge in [-0.15, -0.1) is 0 Å². The molecule has 7 nitrogen and oxygen atoms in total. The van der Waals surface area contributed by atoms with Gasteiger partial charge in [-0.2, -0.15) is 0 Å². The van der Waals surface area contributed by atoms with E-state index in [-0.39, 0.29) is 31.0 Å². The highest BCUT2D eigenvalue weighted by Gasteiger charge is 2.29. The zero-order valence-electron chi connectivity index (χ0n) is 19.3. The molecule has 0 heterocycles. The van der Waals surface area contributed by atoms with Crippen molar-refractivity contribution in [2.75, 3.05) is 13.2 Å². The lowest BCUT2D eigenvalue weighted by Crippen LogP contribution is -2.40. The Morgan fingerprint density at radius 2 is 1.68 bits per heavy atom. The number of carboxylic acid groups (broad SMARTS) is 1. The number of nitrogens with one attached hydrogen (secondary N) is 2. The van der Waals surface area contributed by atoms with Gasteiger partial charge in [-0.25, -0.2) is 4.79 Å². The molecule has 0 aromatic heterocycles. The first kappa shape index (κ1) is 23.5. The lowest BCUT2D eigenvalue weighted by atomic mass is 9.85. The van der Waals surface area contributed by atoms with E-state index >= 15 is 0 Å². The van der Waals surface area contributed by atoms with Crippen LogP contribution >= 0.6 is 0 Å². The van der Waals surface area contributed by atoms with Crippen LogP contribution in [0.15, 0.2) is 60.2 Å². The van der Waals surface area contributed by atoms with Crippen LogP contribution in [-0.4, -0.2) is 42.3 Å². The van der Waals surface area contributed by atoms with Gasteiger partial charge < -0.3 is 20.5 Å². The number of carboxylic acids is 1. The third-order valence-corrected chi connectivity index (χ3v) is 6.72. The van der Waals surface area contributed by atoms with Crippen LogP contribution < -0.4 is 10.6 Å². The smallest absolute Gasteiger partial charge is 0.407 e. The van der Waals surface area contributed by atoms with E-state index in [9.17, 15) is 19.5 Å². The normalized spacial score (nSPS) is 19.6. The van der Waals surface area contributed by atoms with Gasteiger partial charge in [0.2, 0.25) is 5.91 Å². The molecule has 34 heavy (non-hydrogen) atoms. The number of fused-ring (bicyclic) bond motifs is 3. The molecule has 2 aliphatic rings. The van der Waals surface area contributed by atoms with E-state index in [1.807, 2.05) is 24.3 Å². The van der Waals surface area contributed by atoms with Crippen LogP contribution in [0.3, 0.4) is 0 Å². The Bertz CT molecular complexity index is 1060. The number of amides is 2. The van der Waals surface area contributed by atoms with Gasteiger partial charge >= 0.3 is 12.1 Å². The predicted octanol–water partition coefficient (Wildman–Crippen LogP) is 4.23. The first-order valence-electron chi connectivity index (χ1n) is 11.7. The molecule has 0 bridgehead atoms. The van der Waals surface area contributed by atoms with Crippen molar-refractivity contribution in [1.82, 2.24) is 10.6 Å². The van der Waals surface area contributed by atoms with Crippen molar-refractivity contribution >= 4 is 18.0 Å². The monoisotopic (exact) mass is 462 g/mol. The largest absolute Gasteiger partial charge is 0.481 e. The maximum absolute atomic E-state index is 12.4. The van der Waals surface area contributed by atoms with Crippen molar-refractivity contribution in [2.45, 2.75) is 44.6 Å². The second-order valence-corrected chi connectivity index (χ2v) is 8.97. The number of alkyl carbamates (subject to hydrolysis) is 1. The Morgan fingerprint density at radius 1 is 1.03 bits per heavy atom. The Kier molecular flexibility index (Phi) is 7.30. The van der Waals surface area contributed by atoms with Crippen molar-refractivity contribution in [2.24, 2.45) is 5.92 Å². The number of benzene rings is 2.